The first kappa shape index (κ1) is 18.3. The lowest BCUT2D eigenvalue weighted by Gasteiger charge is -2.10. The number of hydrogen-bond donors (Lipinski definition) is 3. The van der Waals surface area contributed by atoms with Crippen molar-refractivity contribution in [2.24, 2.45) is 0 Å². The summed E-state index contributed by atoms with van der Waals surface area (Å²) in [4.78, 5) is 23.9. The fourth-order valence-corrected chi connectivity index (χ4v) is 2.08. The Bertz CT molecular complexity index is 761. The number of phenolic OH excluding ortho intramolecular Hbond substituents is 1. The van der Waals surface area contributed by atoms with Crippen LogP contribution in [0.3, 0.4) is 0 Å². The van der Waals surface area contributed by atoms with E-state index >= 15 is 0 Å². The number of carbonyl (C=O) groups excluding carboxylic acids is 2. The fourth-order valence-electron chi connectivity index (χ4n) is 2.08. The Morgan fingerprint density at radius 1 is 1.04 bits per heavy atom. The van der Waals surface area contributed by atoms with E-state index in [1.165, 1.54) is 13.2 Å². The van der Waals surface area contributed by atoms with Crippen molar-refractivity contribution in [3.05, 3.63) is 53.6 Å². The summed E-state index contributed by atoms with van der Waals surface area (Å²) in [7, 11) is 1.51. The zero-order chi connectivity index (χ0) is 18.2. The van der Waals surface area contributed by atoms with E-state index in [1.807, 2.05) is 6.92 Å². The highest BCUT2D eigenvalue weighted by Crippen LogP contribution is 2.21. The molecule has 0 aromatic heterocycles. The van der Waals surface area contributed by atoms with E-state index in [1.54, 1.807) is 36.4 Å². The number of amides is 2. The summed E-state index contributed by atoms with van der Waals surface area (Å²) in [6, 6.07) is 11.4. The van der Waals surface area contributed by atoms with Crippen molar-refractivity contribution < 1.29 is 24.2 Å². The van der Waals surface area contributed by atoms with Gasteiger partial charge >= 0.3 is 6.09 Å². The SMILES string of the molecule is COCCOC(=O)Nc1cccc(NC(=O)c2cc(C)ccc2O)c1. The molecule has 3 N–H and O–H groups in total. The van der Waals surface area contributed by atoms with Gasteiger partial charge in [0.2, 0.25) is 0 Å². The molecule has 2 amide bonds. The summed E-state index contributed by atoms with van der Waals surface area (Å²) in [5.74, 6) is -0.542. The van der Waals surface area contributed by atoms with Gasteiger partial charge in [-0.05, 0) is 37.3 Å². The summed E-state index contributed by atoms with van der Waals surface area (Å²) >= 11 is 0. The van der Waals surface area contributed by atoms with Crippen LogP contribution in [0, 0.1) is 6.92 Å². The van der Waals surface area contributed by atoms with Crippen molar-refractivity contribution >= 4 is 23.4 Å². The number of carbonyl (C=O) groups is 2. The Hall–Kier alpha value is -3.06. The molecule has 0 saturated heterocycles. The van der Waals surface area contributed by atoms with E-state index in [9.17, 15) is 14.7 Å². The molecule has 2 aromatic carbocycles. The molecule has 0 heterocycles. The maximum absolute atomic E-state index is 12.3. The highest BCUT2D eigenvalue weighted by atomic mass is 16.6. The minimum absolute atomic E-state index is 0.0981. The van der Waals surface area contributed by atoms with E-state index in [0.29, 0.717) is 18.0 Å². The Balaban J connectivity index is 2.02. The molecule has 7 heteroatoms. The predicted molar refractivity (Wildman–Crippen MR) is 94.1 cm³/mol. The van der Waals surface area contributed by atoms with E-state index in [0.717, 1.165) is 5.56 Å². The van der Waals surface area contributed by atoms with Crippen molar-refractivity contribution in [3.8, 4) is 5.75 Å². The van der Waals surface area contributed by atoms with Gasteiger partial charge in [0, 0.05) is 18.5 Å². The van der Waals surface area contributed by atoms with Crippen LogP contribution in [-0.4, -0.2) is 37.4 Å². The lowest BCUT2D eigenvalue weighted by molar-refractivity contribution is 0.102. The molecule has 0 aliphatic heterocycles. The van der Waals surface area contributed by atoms with Gasteiger partial charge in [-0.15, -0.1) is 0 Å². The van der Waals surface area contributed by atoms with Gasteiger partial charge in [-0.25, -0.2) is 4.79 Å². The highest BCUT2D eigenvalue weighted by Gasteiger charge is 2.12. The molecule has 7 nitrogen and oxygen atoms in total. The Labute approximate surface area is 145 Å². The Morgan fingerprint density at radius 2 is 1.76 bits per heavy atom. The zero-order valence-electron chi connectivity index (χ0n) is 14.0. The molecule has 0 unspecified atom stereocenters. The Kier molecular flexibility index (Phi) is 6.36. The number of anilines is 2. The van der Waals surface area contributed by atoms with Crippen molar-refractivity contribution in [2.75, 3.05) is 31.0 Å². The number of nitrogens with one attached hydrogen (secondary N) is 2. The molecule has 0 fully saturated rings. The van der Waals surface area contributed by atoms with Crippen LogP contribution in [0.1, 0.15) is 15.9 Å². The van der Waals surface area contributed by atoms with Gasteiger partial charge in [-0.2, -0.15) is 0 Å². The molecule has 0 atom stereocenters. The van der Waals surface area contributed by atoms with Gasteiger partial charge in [-0.3, -0.25) is 10.1 Å². The van der Waals surface area contributed by atoms with Crippen LogP contribution in [-0.2, 0) is 9.47 Å². The largest absolute Gasteiger partial charge is 0.507 e. The van der Waals surface area contributed by atoms with E-state index in [2.05, 4.69) is 10.6 Å². The molecule has 0 spiro atoms. The second kappa shape index (κ2) is 8.70. The molecule has 0 aliphatic carbocycles. The van der Waals surface area contributed by atoms with Crippen LogP contribution in [0.2, 0.25) is 0 Å². The number of methoxy groups -OCH3 is 1. The molecule has 0 radical (unpaired) electrons. The zero-order valence-corrected chi connectivity index (χ0v) is 14.0. The summed E-state index contributed by atoms with van der Waals surface area (Å²) in [6.45, 7) is 2.28. The molecule has 0 aliphatic rings. The monoisotopic (exact) mass is 344 g/mol. The fraction of sp³-hybridized carbons (Fsp3) is 0.222. The minimum atomic E-state index is -0.614. The van der Waals surface area contributed by atoms with E-state index in [4.69, 9.17) is 9.47 Å². The Morgan fingerprint density at radius 3 is 2.48 bits per heavy atom. The van der Waals surface area contributed by atoms with Crippen LogP contribution >= 0.6 is 0 Å². The molecular formula is C18H20N2O5. The first-order valence-electron chi connectivity index (χ1n) is 7.63. The highest BCUT2D eigenvalue weighted by molar-refractivity contribution is 6.06. The molecule has 2 aromatic rings. The predicted octanol–water partition coefficient (Wildman–Crippen LogP) is 3.15. The normalized spacial score (nSPS) is 10.2. The average molecular weight is 344 g/mol. The van der Waals surface area contributed by atoms with Crippen LogP contribution in [0.15, 0.2) is 42.5 Å². The first-order valence-corrected chi connectivity index (χ1v) is 7.63. The van der Waals surface area contributed by atoms with Gasteiger partial charge in [0.15, 0.2) is 0 Å². The van der Waals surface area contributed by atoms with Gasteiger partial charge in [0.05, 0.1) is 12.2 Å². The maximum Gasteiger partial charge on any atom is 0.411 e. The maximum atomic E-state index is 12.3. The lowest BCUT2D eigenvalue weighted by Crippen LogP contribution is -2.17. The van der Waals surface area contributed by atoms with Crippen LogP contribution < -0.4 is 10.6 Å². The third-order valence-electron chi connectivity index (χ3n) is 3.28. The van der Waals surface area contributed by atoms with Crippen molar-refractivity contribution in [3.63, 3.8) is 0 Å². The molecule has 25 heavy (non-hydrogen) atoms. The smallest absolute Gasteiger partial charge is 0.411 e. The molecule has 132 valence electrons. The van der Waals surface area contributed by atoms with E-state index in [-0.39, 0.29) is 17.9 Å². The number of phenols is 1. The summed E-state index contributed by atoms with van der Waals surface area (Å²) in [5, 5.41) is 15.1. The molecular weight excluding hydrogens is 324 g/mol. The summed E-state index contributed by atoms with van der Waals surface area (Å²) < 4.78 is 9.70. The minimum Gasteiger partial charge on any atom is -0.507 e. The number of aromatic hydroxyl groups is 1. The molecule has 0 bridgehead atoms. The number of hydrogen-bond acceptors (Lipinski definition) is 5. The second-order valence-corrected chi connectivity index (χ2v) is 5.31. The lowest BCUT2D eigenvalue weighted by atomic mass is 10.1. The van der Waals surface area contributed by atoms with Gasteiger partial charge in [0.25, 0.3) is 5.91 Å². The van der Waals surface area contributed by atoms with Gasteiger partial charge < -0.3 is 19.9 Å². The number of aryl methyl sites for hydroxylation is 1. The second-order valence-electron chi connectivity index (χ2n) is 5.31. The van der Waals surface area contributed by atoms with Gasteiger partial charge in [0.1, 0.15) is 12.4 Å². The summed E-state index contributed by atoms with van der Waals surface area (Å²) in [5.41, 5.74) is 1.98. The third kappa shape index (κ3) is 5.50. The topological polar surface area (TPSA) is 96.9 Å². The van der Waals surface area contributed by atoms with E-state index < -0.39 is 12.0 Å². The van der Waals surface area contributed by atoms with Crippen molar-refractivity contribution in [1.29, 1.82) is 0 Å². The average Bonchev–Trinajstić information content (AvgIpc) is 2.57. The molecule has 0 saturated carbocycles. The quantitative estimate of drug-likeness (QED) is 0.700. The standard InChI is InChI=1S/C18H20N2O5/c1-12-6-7-16(21)15(10-12)17(22)19-13-4-3-5-14(11-13)20-18(23)25-9-8-24-2/h3-7,10-11,21H,8-9H2,1-2H3,(H,19,22)(H,20,23). The van der Waals surface area contributed by atoms with Gasteiger partial charge in [-0.1, -0.05) is 17.7 Å². The first-order chi connectivity index (χ1) is 12.0. The van der Waals surface area contributed by atoms with Crippen LogP contribution in [0.25, 0.3) is 0 Å². The number of rotatable bonds is 6. The third-order valence-corrected chi connectivity index (χ3v) is 3.28. The van der Waals surface area contributed by atoms with Crippen LogP contribution in [0.4, 0.5) is 16.2 Å². The van der Waals surface area contributed by atoms with Crippen molar-refractivity contribution in [2.45, 2.75) is 6.92 Å². The van der Waals surface area contributed by atoms with Crippen molar-refractivity contribution in [1.82, 2.24) is 0 Å². The number of benzene rings is 2. The summed E-state index contributed by atoms with van der Waals surface area (Å²) in [6.07, 6.45) is -0.614. The number of ether oxygens (including phenoxy) is 2. The van der Waals surface area contributed by atoms with Crippen LogP contribution in [0.5, 0.6) is 5.75 Å². The molecule has 2 rings (SSSR count).